The zero-order chi connectivity index (χ0) is 24.1. The number of aromatic nitrogens is 3. The highest BCUT2D eigenvalue weighted by Crippen LogP contribution is 2.31. The fourth-order valence-corrected chi connectivity index (χ4v) is 4.92. The predicted molar refractivity (Wildman–Crippen MR) is 136 cm³/mol. The van der Waals surface area contributed by atoms with Crippen molar-refractivity contribution in [3.05, 3.63) is 29.6 Å². The molecular formula is C26H39N5O3. The number of pyridine rings is 1. The summed E-state index contributed by atoms with van der Waals surface area (Å²) in [5, 5.41) is 12.0. The molecule has 3 N–H and O–H groups in total. The third-order valence-electron chi connectivity index (χ3n) is 6.61. The second kappa shape index (κ2) is 11.0. The molecule has 186 valence electrons. The molecule has 1 aromatic carbocycles. The molecule has 0 radical (unpaired) electrons. The van der Waals surface area contributed by atoms with Gasteiger partial charge in [0.1, 0.15) is 17.9 Å². The number of benzene rings is 1. The van der Waals surface area contributed by atoms with E-state index in [4.69, 9.17) is 25.2 Å². The summed E-state index contributed by atoms with van der Waals surface area (Å²) in [5.74, 6) is 1.18. The van der Waals surface area contributed by atoms with Crippen molar-refractivity contribution in [2.45, 2.75) is 65.2 Å². The first-order valence-electron chi connectivity index (χ1n) is 12.6. The molecule has 1 atom stereocenters. The van der Waals surface area contributed by atoms with Gasteiger partial charge in [0.05, 0.1) is 36.4 Å². The molecule has 0 aliphatic carbocycles. The summed E-state index contributed by atoms with van der Waals surface area (Å²) in [4.78, 5) is 12.0. The second-order valence-corrected chi connectivity index (χ2v) is 9.60. The molecule has 1 aliphatic rings. The van der Waals surface area contributed by atoms with Crippen molar-refractivity contribution in [3.8, 4) is 0 Å². The van der Waals surface area contributed by atoms with Gasteiger partial charge in [-0.05, 0) is 51.3 Å². The Bertz CT molecular complexity index is 1100. The fraction of sp³-hybridized carbons (Fsp3) is 0.615. The van der Waals surface area contributed by atoms with Crippen LogP contribution in [-0.2, 0) is 29.0 Å². The van der Waals surface area contributed by atoms with E-state index >= 15 is 0 Å². The summed E-state index contributed by atoms with van der Waals surface area (Å²) in [6, 6.07) is 6.46. The highest BCUT2D eigenvalue weighted by atomic mass is 16.5. The normalized spacial score (nSPS) is 16.9. The summed E-state index contributed by atoms with van der Waals surface area (Å²) in [5.41, 5.74) is 9.26. The first-order valence-corrected chi connectivity index (χ1v) is 12.6. The number of nitrogens with zero attached hydrogens (tertiary/aromatic N) is 4. The van der Waals surface area contributed by atoms with Gasteiger partial charge < -0.3 is 24.9 Å². The molecule has 3 heterocycles. The minimum absolute atomic E-state index is 0.369. The van der Waals surface area contributed by atoms with E-state index in [-0.39, 0.29) is 0 Å². The number of aryl methyl sites for hydroxylation is 1. The van der Waals surface area contributed by atoms with E-state index in [0.29, 0.717) is 37.5 Å². The predicted octanol–water partition coefficient (Wildman–Crippen LogP) is 3.52. The van der Waals surface area contributed by atoms with Crippen LogP contribution in [0.4, 0.5) is 5.82 Å². The van der Waals surface area contributed by atoms with Gasteiger partial charge in [0, 0.05) is 25.1 Å². The van der Waals surface area contributed by atoms with Crippen molar-refractivity contribution in [2.75, 3.05) is 45.2 Å². The number of ether oxygens (including phenoxy) is 2. The molecule has 1 saturated heterocycles. The Morgan fingerprint density at radius 2 is 2.00 bits per heavy atom. The van der Waals surface area contributed by atoms with Gasteiger partial charge in [-0.2, -0.15) is 0 Å². The van der Waals surface area contributed by atoms with Crippen LogP contribution in [0.5, 0.6) is 0 Å². The minimum atomic E-state index is -0.854. The Hall–Kier alpha value is -2.26. The Morgan fingerprint density at radius 3 is 2.74 bits per heavy atom. The fourth-order valence-electron chi connectivity index (χ4n) is 4.92. The lowest BCUT2D eigenvalue weighted by Crippen LogP contribution is -2.36. The van der Waals surface area contributed by atoms with Crippen molar-refractivity contribution >= 4 is 27.8 Å². The van der Waals surface area contributed by atoms with Crippen LogP contribution >= 0.6 is 0 Å². The highest BCUT2D eigenvalue weighted by molar-refractivity contribution is 6.06. The molecular weight excluding hydrogens is 430 g/mol. The Labute approximate surface area is 202 Å². The van der Waals surface area contributed by atoms with Crippen molar-refractivity contribution in [2.24, 2.45) is 0 Å². The first-order chi connectivity index (χ1) is 16.4. The zero-order valence-electron chi connectivity index (χ0n) is 20.8. The molecule has 3 aromatic rings. The average molecular weight is 470 g/mol. The van der Waals surface area contributed by atoms with E-state index in [0.717, 1.165) is 74.4 Å². The molecule has 1 unspecified atom stereocenters. The lowest BCUT2D eigenvalue weighted by atomic mass is 10.0. The largest absolute Gasteiger partial charge is 0.388 e. The van der Waals surface area contributed by atoms with Gasteiger partial charge in [-0.3, -0.25) is 4.90 Å². The van der Waals surface area contributed by atoms with Gasteiger partial charge >= 0.3 is 0 Å². The van der Waals surface area contributed by atoms with Crippen LogP contribution in [-0.4, -0.2) is 69.6 Å². The van der Waals surface area contributed by atoms with Crippen molar-refractivity contribution in [1.82, 2.24) is 19.4 Å². The first kappa shape index (κ1) is 24.9. The number of hydrogen-bond acceptors (Lipinski definition) is 7. The number of imidazole rings is 1. The van der Waals surface area contributed by atoms with Gasteiger partial charge in [0.15, 0.2) is 5.82 Å². The molecule has 8 heteroatoms. The van der Waals surface area contributed by atoms with Gasteiger partial charge in [-0.1, -0.05) is 25.5 Å². The maximum atomic E-state index is 11.0. The van der Waals surface area contributed by atoms with Crippen LogP contribution in [0.2, 0.25) is 0 Å². The summed E-state index contributed by atoms with van der Waals surface area (Å²) in [6.07, 6.45) is 3.69. The lowest BCUT2D eigenvalue weighted by molar-refractivity contribution is 0.0305. The van der Waals surface area contributed by atoms with Crippen molar-refractivity contribution in [1.29, 1.82) is 0 Å². The molecule has 4 rings (SSSR count). The number of anilines is 1. The smallest absolute Gasteiger partial charge is 0.152 e. The summed E-state index contributed by atoms with van der Waals surface area (Å²) < 4.78 is 13.2. The molecule has 0 spiro atoms. The molecule has 8 nitrogen and oxygen atoms in total. The Balaban J connectivity index is 1.66. The van der Waals surface area contributed by atoms with Crippen molar-refractivity contribution < 1.29 is 14.6 Å². The Morgan fingerprint density at radius 1 is 1.21 bits per heavy atom. The SMILES string of the molecule is CCCC(C)(O)Cn1c(COCC)nc2c(N)nc3cc(CCCN4CCOCC4)ccc3c21. The topological polar surface area (TPSA) is 98.7 Å². The highest BCUT2D eigenvalue weighted by Gasteiger charge is 2.25. The van der Waals surface area contributed by atoms with Crippen molar-refractivity contribution in [3.63, 3.8) is 0 Å². The van der Waals surface area contributed by atoms with E-state index in [2.05, 4.69) is 34.6 Å². The van der Waals surface area contributed by atoms with Crippen LogP contribution in [0.1, 0.15) is 51.4 Å². The van der Waals surface area contributed by atoms with Crippen LogP contribution in [0.25, 0.3) is 21.9 Å². The number of fused-ring (bicyclic) bond motifs is 3. The van der Waals surface area contributed by atoms with E-state index in [1.54, 1.807) is 0 Å². The molecule has 34 heavy (non-hydrogen) atoms. The van der Waals surface area contributed by atoms with Crippen LogP contribution in [0, 0.1) is 0 Å². The number of nitrogen functional groups attached to an aromatic ring is 1. The number of hydrogen-bond donors (Lipinski definition) is 2. The minimum Gasteiger partial charge on any atom is -0.388 e. The number of nitrogens with two attached hydrogens (primary N) is 1. The second-order valence-electron chi connectivity index (χ2n) is 9.60. The third-order valence-corrected chi connectivity index (χ3v) is 6.61. The number of aliphatic hydroxyl groups is 1. The van der Waals surface area contributed by atoms with E-state index < -0.39 is 5.60 Å². The third kappa shape index (κ3) is 5.68. The maximum absolute atomic E-state index is 11.0. The quantitative estimate of drug-likeness (QED) is 0.443. The molecule has 2 aromatic heterocycles. The van der Waals surface area contributed by atoms with Crippen LogP contribution < -0.4 is 5.73 Å². The van der Waals surface area contributed by atoms with Crippen LogP contribution in [0.15, 0.2) is 18.2 Å². The molecule has 0 bridgehead atoms. The number of rotatable bonds is 11. The van der Waals surface area contributed by atoms with Gasteiger partial charge in [-0.25, -0.2) is 9.97 Å². The standard InChI is InChI=1S/C26H39N5O3/c1-4-10-26(3,32)18-31-22(17-33-5-2)29-23-24(31)20-9-8-19(16-21(20)28-25(23)27)7-6-11-30-12-14-34-15-13-30/h8-9,16,32H,4-7,10-15,17-18H2,1-3H3,(H2,27,28). The summed E-state index contributed by atoms with van der Waals surface area (Å²) in [6.45, 7) is 12.1. The maximum Gasteiger partial charge on any atom is 0.152 e. The molecule has 1 fully saturated rings. The van der Waals surface area contributed by atoms with Gasteiger partial charge in [0.2, 0.25) is 0 Å². The monoisotopic (exact) mass is 469 g/mol. The molecule has 0 amide bonds. The van der Waals surface area contributed by atoms with Gasteiger partial charge in [0.25, 0.3) is 0 Å². The summed E-state index contributed by atoms with van der Waals surface area (Å²) in [7, 11) is 0. The molecule has 0 saturated carbocycles. The van der Waals surface area contributed by atoms with Crippen LogP contribution in [0.3, 0.4) is 0 Å². The average Bonchev–Trinajstić information content (AvgIpc) is 3.16. The van der Waals surface area contributed by atoms with E-state index in [1.807, 2.05) is 13.8 Å². The summed E-state index contributed by atoms with van der Waals surface area (Å²) >= 11 is 0. The zero-order valence-corrected chi connectivity index (χ0v) is 20.8. The van der Waals surface area contributed by atoms with E-state index in [1.165, 1.54) is 5.56 Å². The van der Waals surface area contributed by atoms with E-state index in [9.17, 15) is 5.11 Å². The number of morpholine rings is 1. The molecule has 1 aliphatic heterocycles. The Kier molecular flexibility index (Phi) is 8.03. The lowest BCUT2D eigenvalue weighted by Gasteiger charge is -2.26. The van der Waals surface area contributed by atoms with Gasteiger partial charge in [-0.15, -0.1) is 0 Å².